The van der Waals surface area contributed by atoms with Gasteiger partial charge in [0.05, 0.1) is 11.7 Å². The number of hydrogen-bond acceptors (Lipinski definition) is 4. The summed E-state index contributed by atoms with van der Waals surface area (Å²) in [6.45, 7) is 2.07. The first-order valence-corrected chi connectivity index (χ1v) is 12.7. The highest BCUT2D eigenvalue weighted by Crippen LogP contribution is 2.44. The van der Waals surface area contributed by atoms with Crippen molar-refractivity contribution in [3.8, 4) is 0 Å². The molecule has 2 aromatic carbocycles. The summed E-state index contributed by atoms with van der Waals surface area (Å²) in [5.74, 6) is 0.815. The molecule has 0 radical (unpaired) electrons. The zero-order chi connectivity index (χ0) is 22.9. The number of anilines is 1. The standard InChI is InChI=1S/C25H19BrClN3OS2/c1-15-14-17(7-10-19(15)26)30-24(23(29-25(30)32)20-4-2-3-13-28-20)21-11-12-22(31-21)33-18-8-5-16(27)6-9-18/h2-14,23-24H,1H3,(H,29,32)/t23-,24-/m0/s1. The summed E-state index contributed by atoms with van der Waals surface area (Å²) in [7, 11) is 0. The molecule has 1 fully saturated rings. The second-order valence-electron chi connectivity index (χ2n) is 7.64. The summed E-state index contributed by atoms with van der Waals surface area (Å²) < 4.78 is 7.42. The number of aromatic nitrogens is 1. The molecule has 5 rings (SSSR count). The van der Waals surface area contributed by atoms with Gasteiger partial charge in [-0.15, -0.1) is 0 Å². The minimum Gasteiger partial charge on any atom is -0.452 e. The van der Waals surface area contributed by atoms with Crippen molar-refractivity contribution >= 4 is 62.3 Å². The second-order valence-corrected chi connectivity index (χ2v) is 10.4. The Hall–Kier alpha value is -2.32. The number of nitrogens with one attached hydrogen (secondary N) is 1. The lowest BCUT2D eigenvalue weighted by atomic mass is 10.0. The molecule has 33 heavy (non-hydrogen) atoms. The van der Waals surface area contributed by atoms with Crippen molar-refractivity contribution in [2.75, 3.05) is 4.90 Å². The van der Waals surface area contributed by atoms with Gasteiger partial charge in [0.25, 0.3) is 0 Å². The largest absolute Gasteiger partial charge is 0.452 e. The van der Waals surface area contributed by atoms with Crippen molar-refractivity contribution in [1.82, 2.24) is 10.3 Å². The van der Waals surface area contributed by atoms with Crippen LogP contribution in [0, 0.1) is 6.92 Å². The van der Waals surface area contributed by atoms with Gasteiger partial charge in [0.1, 0.15) is 11.8 Å². The van der Waals surface area contributed by atoms with Crippen LogP contribution in [0.25, 0.3) is 0 Å². The molecule has 1 aliphatic rings. The average molecular weight is 557 g/mol. The maximum Gasteiger partial charge on any atom is 0.174 e. The summed E-state index contributed by atoms with van der Waals surface area (Å²) >= 11 is 17.0. The SMILES string of the molecule is Cc1cc(N2C(=S)N[C@@H](c3ccccn3)[C@@H]2c2ccc(Sc3ccc(Cl)cc3)o2)ccc1Br. The third-order valence-electron chi connectivity index (χ3n) is 5.44. The molecule has 166 valence electrons. The summed E-state index contributed by atoms with van der Waals surface area (Å²) in [5.41, 5.74) is 3.04. The first-order chi connectivity index (χ1) is 16.0. The molecule has 3 heterocycles. The molecule has 0 saturated carbocycles. The van der Waals surface area contributed by atoms with Crippen LogP contribution in [0.1, 0.15) is 29.1 Å². The maximum atomic E-state index is 6.36. The van der Waals surface area contributed by atoms with Crippen LogP contribution >= 0.6 is 51.5 Å². The van der Waals surface area contributed by atoms with Gasteiger partial charge >= 0.3 is 0 Å². The van der Waals surface area contributed by atoms with Gasteiger partial charge in [0.15, 0.2) is 10.2 Å². The van der Waals surface area contributed by atoms with Crippen molar-refractivity contribution in [2.45, 2.75) is 29.0 Å². The lowest BCUT2D eigenvalue weighted by Gasteiger charge is -2.26. The van der Waals surface area contributed by atoms with Crippen LogP contribution in [0.15, 0.2) is 97.9 Å². The van der Waals surface area contributed by atoms with Gasteiger partial charge < -0.3 is 14.6 Å². The van der Waals surface area contributed by atoms with E-state index >= 15 is 0 Å². The predicted octanol–water partition coefficient (Wildman–Crippen LogP) is 7.73. The van der Waals surface area contributed by atoms with E-state index in [0.29, 0.717) is 10.1 Å². The lowest BCUT2D eigenvalue weighted by Crippen LogP contribution is -2.29. The highest BCUT2D eigenvalue weighted by molar-refractivity contribution is 9.10. The van der Waals surface area contributed by atoms with Crippen LogP contribution in [-0.4, -0.2) is 10.1 Å². The van der Waals surface area contributed by atoms with Gasteiger partial charge in [0.2, 0.25) is 0 Å². The van der Waals surface area contributed by atoms with Crippen LogP contribution in [0.3, 0.4) is 0 Å². The molecule has 2 aromatic heterocycles. The van der Waals surface area contributed by atoms with Crippen molar-refractivity contribution in [3.63, 3.8) is 0 Å². The van der Waals surface area contributed by atoms with Crippen molar-refractivity contribution in [2.24, 2.45) is 0 Å². The quantitative estimate of drug-likeness (QED) is 0.254. The van der Waals surface area contributed by atoms with Crippen LogP contribution in [0.4, 0.5) is 5.69 Å². The summed E-state index contributed by atoms with van der Waals surface area (Å²) in [5, 5.41) is 5.62. The maximum absolute atomic E-state index is 6.36. The van der Waals surface area contributed by atoms with Gasteiger partial charge in [-0.1, -0.05) is 45.4 Å². The van der Waals surface area contributed by atoms with Gasteiger partial charge in [-0.05, 0) is 91.4 Å². The molecular weight excluding hydrogens is 538 g/mol. The Morgan fingerprint density at radius 3 is 2.64 bits per heavy atom. The van der Waals surface area contributed by atoms with Crippen molar-refractivity contribution in [3.05, 3.63) is 106 Å². The van der Waals surface area contributed by atoms with Gasteiger partial charge in [0, 0.05) is 26.3 Å². The van der Waals surface area contributed by atoms with Crippen LogP contribution in [-0.2, 0) is 0 Å². The summed E-state index contributed by atoms with van der Waals surface area (Å²) in [6, 6.07) is 23.5. The molecular formula is C25H19BrClN3OS2. The Morgan fingerprint density at radius 1 is 1.09 bits per heavy atom. The first-order valence-electron chi connectivity index (χ1n) is 10.3. The van der Waals surface area contributed by atoms with Gasteiger partial charge in [-0.3, -0.25) is 4.98 Å². The minimum atomic E-state index is -0.187. The lowest BCUT2D eigenvalue weighted by molar-refractivity contribution is 0.383. The third kappa shape index (κ3) is 4.68. The molecule has 4 nitrogen and oxygen atoms in total. The zero-order valence-corrected chi connectivity index (χ0v) is 21.5. The number of furan rings is 1. The van der Waals surface area contributed by atoms with E-state index in [1.807, 2.05) is 60.7 Å². The predicted molar refractivity (Wildman–Crippen MR) is 141 cm³/mol. The van der Waals surface area contributed by atoms with E-state index < -0.39 is 0 Å². The van der Waals surface area contributed by atoms with E-state index in [0.717, 1.165) is 37.2 Å². The second kappa shape index (κ2) is 9.50. The normalized spacial score (nSPS) is 17.9. The zero-order valence-electron chi connectivity index (χ0n) is 17.5. The molecule has 0 spiro atoms. The highest BCUT2D eigenvalue weighted by Gasteiger charge is 2.42. The number of halogens is 2. The molecule has 4 aromatic rings. The molecule has 0 amide bonds. The minimum absolute atomic E-state index is 0.151. The number of pyridine rings is 1. The van der Waals surface area contributed by atoms with Crippen molar-refractivity contribution in [1.29, 1.82) is 0 Å². The Labute approximate surface area is 215 Å². The Bertz CT molecular complexity index is 1300. The Balaban J connectivity index is 1.53. The van der Waals surface area contributed by atoms with E-state index in [1.54, 1.807) is 18.0 Å². The van der Waals surface area contributed by atoms with Crippen molar-refractivity contribution < 1.29 is 4.42 Å². The fourth-order valence-electron chi connectivity index (χ4n) is 3.87. The fourth-order valence-corrected chi connectivity index (χ4v) is 5.36. The molecule has 2 atom stereocenters. The van der Waals surface area contributed by atoms with Crippen LogP contribution < -0.4 is 10.2 Å². The van der Waals surface area contributed by atoms with E-state index in [2.05, 4.69) is 50.2 Å². The molecule has 8 heteroatoms. The number of aryl methyl sites for hydroxylation is 1. The van der Waals surface area contributed by atoms with Gasteiger partial charge in [-0.2, -0.15) is 0 Å². The van der Waals surface area contributed by atoms with E-state index in [4.69, 9.17) is 28.2 Å². The molecule has 1 saturated heterocycles. The average Bonchev–Trinajstić information content (AvgIpc) is 3.42. The summed E-state index contributed by atoms with van der Waals surface area (Å²) in [6.07, 6.45) is 1.80. The first kappa shape index (κ1) is 22.5. The molecule has 0 aliphatic carbocycles. The number of hydrogen-bond donors (Lipinski definition) is 1. The topological polar surface area (TPSA) is 41.3 Å². The molecule has 0 unspecified atom stereocenters. The third-order valence-corrected chi connectivity index (χ3v) is 7.83. The molecule has 0 bridgehead atoms. The number of benzene rings is 2. The fraction of sp³-hybridized carbons (Fsp3) is 0.120. The van der Waals surface area contributed by atoms with Crippen LogP contribution in [0.2, 0.25) is 5.02 Å². The number of thiocarbonyl (C=S) groups is 1. The van der Waals surface area contributed by atoms with Gasteiger partial charge in [-0.25, -0.2) is 0 Å². The molecule has 1 aliphatic heterocycles. The smallest absolute Gasteiger partial charge is 0.174 e. The Morgan fingerprint density at radius 2 is 1.91 bits per heavy atom. The number of nitrogens with zero attached hydrogens (tertiary/aromatic N) is 2. The van der Waals surface area contributed by atoms with E-state index in [9.17, 15) is 0 Å². The van der Waals surface area contributed by atoms with Crippen LogP contribution in [0.5, 0.6) is 0 Å². The summed E-state index contributed by atoms with van der Waals surface area (Å²) in [4.78, 5) is 7.77. The molecule has 1 N–H and O–H groups in total. The highest BCUT2D eigenvalue weighted by atomic mass is 79.9. The Kier molecular flexibility index (Phi) is 6.47. The van der Waals surface area contributed by atoms with E-state index in [-0.39, 0.29) is 12.1 Å². The monoisotopic (exact) mass is 555 g/mol. The van der Waals surface area contributed by atoms with E-state index in [1.165, 1.54) is 0 Å². The number of rotatable bonds is 5.